The number of hydrogen-bond acceptors (Lipinski definition) is 11. The van der Waals surface area contributed by atoms with Crippen LogP contribution >= 0.6 is 0 Å². The van der Waals surface area contributed by atoms with E-state index >= 15 is 0 Å². The first kappa shape index (κ1) is 35.7. The van der Waals surface area contributed by atoms with E-state index in [0.717, 1.165) is 11.1 Å². The van der Waals surface area contributed by atoms with Crippen molar-refractivity contribution in [1.82, 2.24) is 9.80 Å². The van der Waals surface area contributed by atoms with Gasteiger partial charge in [0.25, 0.3) is 0 Å². The molecule has 47 heavy (non-hydrogen) atoms. The third kappa shape index (κ3) is 9.71. The van der Waals surface area contributed by atoms with E-state index in [1.165, 1.54) is 0 Å². The minimum absolute atomic E-state index is 0.0320. The highest BCUT2D eigenvalue weighted by molar-refractivity contribution is 5.68. The largest absolute Gasteiger partial charge is 0.444 e. The number of carbonyl (C=O) groups is 1. The van der Waals surface area contributed by atoms with Gasteiger partial charge in [-0.1, -0.05) is 60.7 Å². The molecule has 0 radical (unpaired) electrons. The number of aliphatic hydroxyl groups excluding tert-OH is 4. The van der Waals surface area contributed by atoms with Gasteiger partial charge in [-0.05, 0) is 40.0 Å². The Balaban J connectivity index is 1.25. The number of likely N-dealkylation sites (tertiary alicyclic amines) is 1. The summed E-state index contributed by atoms with van der Waals surface area (Å²) in [5, 5.41) is 45.2. The molecule has 12 nitrogen and oxygen atoms in total. The third-order valence-corrected chi connectivity index (χ3v) is 8.81. The standard InChI is InChI=1S/C35H50N2O10/c1-35(2,3)47-34(42)36-17-14-25(20-36)37(21-26(38)30(40)28-15-18-43-32(45-28)23-10-6-4-7-11-23)22-27(39)31(41)29-16-19-44-33(46-29)24-12-8-5-9-13-24/h4-13,25-33,38-41H,14-22H2,1-3H3/t25-,26+,27+,28-,29-,30-,31-,32?,33?/m1/s1. The van der Waals surface area contributed by atoms with Crippen LogP contribution in [0.15, 0.2) is 60.7 Å². The maximum Gasteiger partial charge on any atom is 0.410 e. The summed E-state index contributed by atoms with van der Waals surface area (Å²) in [6.07, 6.45) is -6.81. The van der Waals surface area contributed by atoms with E-state index in [4.69, 9.17) is 23.7 Å². The minimum Gasteiger partial charge on any atom is -0.444 e. The fourth-order valence-corrected chi connectivity index (χ4v) is 6.28. The van der Waals surface area contributed by atoms with Crippen molar-refractivity contribution in [2.45, 2.75) is 101 Å². The summed E-state index contributed by atoms with van der Waals surface area (Å²) in [7, 11) is 0. The lowest BCUT2D eigenvalue weighted by molar-refractivity contribution is -0.249. The molecule has 1 amide bonds. The molecule has 3 aliphatic heterocycles. The van der Waals surface area contributed by atoms with Crippen molar-refractivity contribution in [3.05, 3.63) is 71.8 Å². The number of hydrogen-bond donors (Lipinski definition) is 4. The summed E-state index contributed by atoms with van der Waals surface area (Å²) < 4.78 is 29.2. The molecule has 5 rings (SSSR count). The van der Waals surface area contributed by atoms with E-state index in [2.05, 4.69) is 0 Å². The van der Waals surface area contributed by atoms with Crippen molar-refractivity contribution >= 4 is 6.09 Å². The van der Waals surface area contributed by atoms with Gasteiger partial charge < -0.3 is 49.0 Å². The minimum atomic E-state index is -1.25. The Hall–Kier alpha value is -2.65. The number of amides is 1. The molecule has 3 aliphatic rings. The summed E-state index contributed by atoms with van der Waals surface area (Å²) in [6.45, 7) is 6.79. The van der Waals surface area contributed by atoms with Crippen molar-refractivity contribution < 1.29 is 48.9 Å². The second kappa shape index (κ2) is 16.2. The highest BCUT2D eigenvalue weighted by Gasteiger charge is 2.40. The fourth-order valence-electron chi connectivity index (χ4n) is 6.28. The van der Waals surface area contributed by atoms with Gasteiger partial charge in [0.15, 0.2) is 12.6 Å². The molecule has 2 unspecified atom stereocenters. The highest BCUT2D eigenvalue weighted by Crippen LogP contribution is 2.31. The zero-order chi connectivity index (χ0) is 33.6. The van der Waals surface area contributed by atoms with Gasteiger partial charge in [0, 0.05) is 43.3 Å². The summed E-state index contributed by atoms with van der Waals surface area (Å²) in [4.78, 5) is 16.3. The third-order valence-electron chi connectivity index (χ3n) is 8.81. The molecule has 9 atom stereocenters. The zero-order valence-corrected chi connectivity index (χ0v) is 27.5. The molecule has 0 bridgehead atoms. The molecular formula is C35H50N2O10. The smallest absolute Gasteiger partial charge is 0.410 e. The van der Waals surface area contributed by atoms with Crippen LogP contribution in [0.25, 0.3) is 0 Å². The van der Waals surface area contributed by atoms with Crippen molar-refractivity contribution in [3.8, 4) is 0 Å². The molecule has 0 spiro atoms. The number of benzene rings is 2. The number of carbonyl (C=O) groups excluding carboxylic acids is 1. The molecule has 0 aliphatic carbocycles. The van der Waals surface area contributed by atoms with Gasteiger partial charge in [-0.15, -0.1) is 0 Å². The van der Waals surface area contributed by atoms with Crippen molar-refractivity contribution in [3.63, 3.8) is 0 Å². The quantitative estimate of drug-likeness (QED) is 0.282. The molecule has 2 aromatic rings. The number of nitrogens with zero attached hydrogens (tertiary/aromatic N) is 2. The Kier molecular flexibility index (Phi) is 12.3. The van der Waals surface area contributed by atoms with Crippen LogP contribution in [0.4, 0.5) is 4.79 Å². The Morgan fingerprint density at radius 2 is 1.28 bits per heavy atom. The number of ether oxygens (including phenoxy) is 5. The normalized spacial score (nSPS) is 28.1. The maximum absolute atomic E-state index is 12.8. The summed E-state index contributed by atoms with van der Waals surface area (Å²) in [5.41, 5.74) is 0.976. The van der Waals surface area contributed by atoms with Crippen LogP contribution in [0.1, 0.15) is 63.7 Å². The molecule has 0 aromatic heterocycles. The monoisotopic (exact) mass is 658 g/mol. The maximum atomic E-state index is 12.8. The van der Waals surface area contributed by atoms with Gasteiger partial charge in [-0.2, -0.15) is 0 Å². The summed E-state index contributed by atoms with van der Waals surface area (Å²) in [6, 6.07) is 18.6. The van der Waals surface area contributed by atoms with Crippen LogP contribution in [0.5, 0.6) is 0 Å². The lowest BCUT2D eigenvalue weighted by Crippen LogP contribution is -2.54. The highest BCUT2D eigenvalue weighted by atomic mass is 16.7. The second-order valence-corrected chi connectivity index (χ2v) is 13.6. The first-order valence-electron chi connectivity index (χ1n) is 16.6. The van der Waals surface area contributed by atoms with Crippen LogP contribution in [0.3, 0.4) is 0 Å². The Morgan fingerprint density at radius 1 is 0.809 bits per heavy atom. The second-order valence-electron chi connectivity index (χ2n) is 13.6. The fraction of sp³-hybridized carbons (Fsp3) is 0.629. The van der Waals surface area contributed by atoms with Crippen molar-refractivity contribution in [1.29, 1.82) is 0 Å². The summed E-state index contributed by atoms with van der Waals surface area (Å²) in [5.74, 6) is 0. The van der Waals surface area contributed by atoms with Crippen molar-refractivity contribution in [2.75, 3.05) is 39.4 Å². The average Bonchev–Trinajstić information content (AvgIpc) is 3.58. The Labute approximate surface area is 276 Å². The lowest BCUT2D eigenvalue weighted by atomic mass is 10.0. The van der Waals surface area contributed by atoms with Crippen LogP contribution in [-0.4, -0.2) is 124 Å². The Bertz CT molecular complexity index is 1170. The molecular weight excluding hydrogens is 608 g/mol. The Morgan fingerprint density at radius 3 is 1.72 bits per heavy atom. The van der Waals surface area contributed by atoms with Gasteiger partial charge >= 0.3 is 6.09 Å². The van der Waals surface area contributed by atoms with E-state index in [-0.39, 0.29) is 19.1 Å². The van der Waals surface area contributed by atoms with Crippen LogP contribution in [0.2, 0.25) is 0 Å². The number of rotatable bonds is 11. The van der Waals surface area contributed by atoms with Gasteiger partial charge in [0.1, 0.15) is 17.8 Å². The zero-order valence-electron chi connectivity index (χ0n) is 27.5. The molecule has 260 valence electrons. The van der Waals surface area contributed by atoms with Crippen molar-refractivity contribution in [2.24, 2.45) is 0 Å². The van der Waals surface area contributed by atoms with E-state index in [0.29, 0.717) is 45.6 Å². The van der Waals surface area contributed by atoms with Gasteiger partial charge in [0.2, 0.25) is 0 Å². The topological polar surface area (TPSA) is 151 Å². The van der Waals surface area contributed by atoms with E-state index < -0.39 is 60.9 Å². The molecule has 3 fully saturated rings. The predicted octanol–water partition coefficient (Wildman–Crippen LogP) is 2.75. The van der Waals surface area contributed by atoms with Crippen LogP contribution in [-0.2, 0) is 23.7 Å². The predicted molar refractivity (Wildman–Crippen MR) is 171 cm³/mol. The number of aliphatic hydroxyl groups is 4. The lowest BCUT2D eigenvalue weighted by Gasteiger charge is -2.39. The first-order chi connectivity index (χ1) is 22.5. The first-order valence-corrected chi connectivity index (χ1v) is 16.6. The molecule has 4 N–H and O–H groups in total. The average molecular weight is 659 g/mol. The molecule has 2 aromatic carbocycles. The van der Waals surface area contributed by atoms with Gasteiger partial charge in [-0.3, -0.25) is 4.90 Å². The van der Waals surface area contributed by atoms with Crippen LogP contribution < -0.4 is 0 Å². The SMILES string of the molecule is CC(C)(C)OC(=O)N1CC[C@@H](N(C[C@H](O)[C@@H](O)[C@H]2CCOC(c3ccccc3)O2)C[C@H](O)[C@@H](O)[C@H]2CCOC(c3ccccc3)O2)C1. The molecule has 12 heteroatoms. The molecule has 3 heterocycles. The van der Waals surface area contributed by atoms with Crippen LogP contribution in [0, 0.1) is 0 Å². The van der Waals surface area contributed by atoms with Gasteiger partial charge in [-0.25, -0.2) is 4.79 Å². The van der Waals surface area contributed by atoms with E-state index in [1.54, 1.807) is 4.90 Å². The molecule has 3 saturated heterocycles. The van der Waals surface area contributed by atoms with E-state index in [9.17, 15) is 25.2 Å². The van der Waals surface area contributed by atoms with E-state index in [1.807, 2.05) is 86.3 Å². The molecule has 0 saturated carbocycles. The van der Waals surface area contributed by atoms with Gasteiger partial charge in [0.05, 0.1) is 37.6 Å². The summed E-state index contributed by atoms with van der Waals surface area (Å²) >= 11 is 0.